The molecular weight excluding hydrogens is 296 g/mol. The van der Waals surface area contributed by atoms with Gasteiger partial charge in [0.25, 0.3) is 0 Å². The topological polar surface area (TPSA) is 79.3 Å². The first-order valence-electron chi connectivity index (χ1n) is 8.30. The zero-order valence-electron chi connectivity index (χ0n) is 13.5. The van der Waals surface area contributed by atoms with Gasteiger partial charge >= 0.3 is 5.97 Å². The maximum absolute atomic E-state index is 11.7. The van der Waals surface area contributed by atoms with Crippen molar-refractivity contribution >= 4 is 5.97 Å². The molecule has 0 radical (unpaired) electrons. The molecule has 2 rings (SSSR count). The van der Waals surface area contributed by atoms with E-state index in [-0.39, 0.29) is 18.2 Å². The number of cyclic esters (lactones) is 1. The lowest BCUT2D eigenvalue weighted by Gasteiger charge is -2.15. The quantitative estimate of drug-likeness (QED) is 0.398. The normalized spacial score (nSPS) is 36.0. The first-order chi connectivity index (χ1) is 11.1. The van der Waals surface area contributed by atoms with E-state index < -0.39 is 18.3 Å². The Balaban J connectivity index is 1.94. The number of hydrogen-bond donors (Lipinski definition) is 2. The van der Waals surface area contributed by atoms with Crippen LogP contribution in [0, 0.1) is 23.7 Å². The van der Waals surface area contributed by atoms with Gasteiger partial charge in [-0.05, 0) is 31.6 Å². The summed E-state index contributed by atoms with van der Waals surface area (Å²) in [6, 6.07) is 0. The number of carbonyl (C=O) groups is 1. The van der Waals surface area contributed by atoms with Crippen LogP contribution in [0.3, 0.4) is 0 Å². The summed E-state index contributed by atoms with van der Waals surface area (Å²) in [5, 5.41) is 19.7. The van der Waals surface area contributed by atoms with Crippen molar-refractivity contribution < 1.29 is 24.5 Å². The highest BCUT2D eigenvalue weighted by atomic mass is 16.6. The Kier molecular flexibility index (Phi) is 6.92. The number of fused-ring (bicyclic) bond motifs is 1. The lowest BCUT2D eigenvalue weighted by molar-refractivity contribution is -0.152. The van der Waals surface area contributed by atoms with Crippen LogP contribution in [-0.2, 0) is 14.3 Å². The molecule has 0 aromatic rings. The number of aliphatic hydroxyl groups is 2. The zero-order valence-corrected chi connectivity index (χ0v) is 13.5. The largest absolute Gasteiger partial charge is 0.459 e. The van der Waals surface area contributed by atoms with Gasteiger partial charge in [-0.1, -0.05) is 37.5 Å². The fourth-order valence-corrected chi connectivity index (χ4v) is 2.56. The summed E-state index contributed by atoms with van der Waals surface area (Å²) in [5.41, 5.74) is 0. The van der Waals surface area contributed by atoms with Crippen molar-refractivity contribution in [2.24, 2.45) is 0 Å². The van der Waals surface area contributed by atoms with E-state index in [1.165, 1.54) is 0 Å². The maximum Gasteiger partial charge on any atom is 0.306 e. The number of ether oxygens (including phenoxy) is 2. The van der Waals surface area contributed by atoms with E-state index in [0.29, 0.717) is 6.42 Å². The van der Waals surface area contributed by atoms with Crippen molar-refractivity contribution in [1.82, 2.24) is 0 Å². The smallest absolute Gasteiger partial charge is 0.306 e. The predicted octanol–water partition coefficient (Wildman–Crippen LogP) is 1.16. The van der Waals surface area contributed by atoms with Crippen LogP contribution in [-0.4, -0.2) is 46.7 Å². The van der Waals surface area contributed by atoms with Gasteiger partial charge in [0.2, 0.25) is 0 Å². The molecule has 1 fully saturated rings. The summed E-state index contributed by atoms with van der Waals surface area (Å²) >= 11 is 0. The molecule has 2 N–H and O–H groups in total. The Bertz CT molecular complexity index is 521. The van der Waals surface area contributed by atoms with Gasteiger partial charge in [0, 0.05) is 6.42 Å². The third kappa shape index (κ3) is 6.23. The van der Waals surface area contributed by atoms with Crippen LogP contribution in [0.5, 0.6) is 0 Å². The van der Waals surface area contributed by atoms with E-state index in [2.05, 4.69) is 23.7 Å². The SMILES string of the molecule is CC1OC(=O)CCCCCCC[C@H]2O[C@H]2[C@H](O)C#CC#C[C@H]1O. The van der Waals surface area contributed by atoms with E-state index in [9.17, 15) is 15.0 Å². The number of aliphatic hydroxyl groups excluding tert-OH is 2. The average molecular weight is 320 g/mol. The minimum atomic E-state index is -1.09. The highest BCUT2D eigenvalue weighted by molar-refractivity contribution is 5.69. The van der Waals surface area contributed by atoms with E-state index in [1.807, 2.05) is 0 Å². The van der Waals surface area contributed by atoms with Crippen LogP contribution < -0.4 is 0 Å². The summed E-state index contributed by atoms with van der Waals surface area (Å²) in [6.07, 6.45) is 3.51. The third-order valence-corrected chi connectivity index (χ3v) is 4.07. The van der Waals surface area contributed by atoms with E-state index in [4.69, 9.17) is 9.47 Å². The number of hydrogen-bond acceptors (Lipinski definition) is 5. The van der Waals surface area contributed by atoms with Gasteiger partial charge < -0.3 is 19.7 Å². The van der Waals surface area contributed by atoms with Gasteiger partial charge in [-0.3, -0.25) is 4.79 Å². The predicted molar refractivity (Wildman–Crippen MR) is 84.1 cm³/mol. The van der Waals surface area contributed by atoms with Gasteiger partial charge in [0.1, 0.15) is 18.3 Å². The molecule has 0 spiro atoms. The van der Waals surface area contributed by atoms with Crippen molar-refractivity contribution in [2.45, 2.75) is 82.4 Å². The van der Waals surface area contributed by atoms with Gasteiger partial charge in [0.05, 0.1) is 6.10 Å². The summed E-state index contributed by atoms with van der Waals surface area (Å²) < 4.78 is 10.6. The van der Waals surface area contributed by atoms with E-state index >= 15 is 0 Å². The molecule has 2 heterocycles. The molecule has 0 aliphatic carbocycles. The highest BCUT2D eigenvalue weighted by Crippen LogP contribution is 2.30. The van der Waals surface area contributed by atoms with E-state index in [1.54, 1.807) is 6.92 Å². The van der Waals surface area contributed by atoms with E-state index in [0.717, 1.165) is 38.5 Å². The van der Waals surface area contributed by atoms with Gasteiger partial charge in [-0.15, -0.1) is 0 Å². The Morgan fingerprint density at radius 1 is 1.00 bits per heavy atom. The lowest BCUT2D eigenvalue weighted by Crippen LogP contribution is -2.27. The molecule has 0 saturated carbocycles. The Morgan fingerprint density at radius 3 is 2.43 bits per heavy atom. The van der Waals surface area contributed by atoms with Gasteiger partial charge in [-0.25, -0.2) is 0 Å². The standard InChI is InChI=1S/C18H24O5/c1-13-14(19)9-7-8-10-15(20)18-16(23-18)11-5-3-2-4-6-12-17(21)22-13/h13-16,18-20H,2-6,11-12H2,1H3/t13?,14-,15-,16-,18+/m1/s1. The molecule has 5 nitrogen and oxygen atoms in total. The first-order valence-corrected chi connectivity index (χ1v) is 8.30. The summed E-state index contributed by atoms with van der Waals surface area (Å²) in [6.45, 7) is 1.60. The lowest BCUT2D eigenvalue weighted by atomic mass is 10.1. The van der Waals surface area contributed by atoms with Crippen LogP contribution in [0.4, 0.5) is 0 Å². The second kappa shape index (κ2) is 8.93. The number of epoxide rings is 1. The fourth-order valence-electron chi connectivity index (χ4n) is 2.56. The highest BCUT2D eigenvalue weighted by Gasteiger charge is 2.43. The van der Waals surface area contributed by atoms with Gasteiger partial charge in [0.15, 0.2) is 6.10 Å². The molecule has 0 aromatic heterocycles. The Morgan fingerprint density at radius 2 is 1.65 bits per heavy atom. The molecular formula is C18H24O5. The molecule has 2 aliphatic heterocycles. The molecule has 2 aliphatic rings. The molecule has 1 unspecified atom stereocenters. The third-order valence-electron chi connectivity index (χ3n) is 4.07. The number of carbonyl (C=O) groups excluding carboxylic acids is 1. The monoisotopic (exact) mass is 320 g/mol. The molecule has 126 valence electrons. The maximum atomic E-state index is 11.7. The van der Waals surface area contributed by atoms with Crippen molar-refractivity contribution in [3.05, 3.63) is 0 Å². The van der Waals surface area contributed by atoms with Gasteiger partial charge in [-0.2, -0.15) is 0 Å². The van der Waals surface area contributed by atoms with Crippen LogP contribution in [0.1, 0.15) is 51.9 Å². The Hall–Kier alpha value is -1.53. The summed E-state index contributed by atoms with van der Waals surface area (Å²) in [5.74, 6) is 9.81. The van der Waals surface area contributed by atoms with Crippen molar-refractivity contribution in [2.75, 3.05) is 0 Å². The summed E-state index contributed by atoms with van der Waals surface area (Å²) in [7, 11) is 0. The van der Waals surface area contributed by atoms with Crippen LogP contribution in [0.2, 0.25) is 0 Å². The molecule has 0 bridgehead atoms. The second-order valence-electron chi connectivity index (χ2n) is 6.07. The van der Waals surface area contributed by atoms with Crippen molar-refractivity contribution in [3.8, 4) is 23.7 Å². The molecule has 1 saturated heterocycles. The molecule has 23 heavy (non-hydrogen) atoms. The van der Waals surface area contributed by atoms with Crippen LogP contribution >= 0.6 is 0 Å². The zero-order chi connectivity index (χ0) is 16.7. The molecule has 0 amide bonds. The van der Waals surface area contributed by atoms with Crippen LogP contribution in [0.15, 0.2) is 0 Å². The van der Waals surface area contributed by atoms with Crippen molar-refractivity contribution in [3.63, 3.8) is 0 Å². The molecule has 5 atom stereocenters. The Labute approximate surface area is 137 Å². The average Bonchev–Trinajstić information content (AvgIpc) is 3.29. The second-order valence-corrected chi connectivity index (χ2v) is 6.07. The number of rotatable bonds is 0. The fraction of sp³-hybridized carbons (Fsp3) is 0.722. The molecule has 0 aromatic carbocycles. The summed E-state index contributed by atoms with van der Waals surface area (Å²) in [4.78, 5) is 11.7. The minimum Gasteiger partial charge on any atom is -0.459 e. The molecule has 5 heteroatoms. The van der Waals surface area contributed by atoms with Crippen molar-refractivity contribution in [1.29, 1.82) is 0 Å². The minimum absolute atomic E-state index is 0.0896. The number of esters is 1. The first kappa shape index (κ1) is 17.8. The van der Waals surface area contributed by atoms with Crippen LogP contribution in [0.25, 0.3) is 0 Å².